The van der Waals surface area contributed by atoms with Crippen LogP contribution in [-0.2, 0) is 16.1 Å². The van der Waals surface area contributed by atoms with Crippen molar-refractivity contribution in [1.82, 2.24) is 9.55 Å². The van der Waals surface area contributed by atoms with Crippen LogP contribution in [0.3, 0.4) is 0 Å². The summed E-state index contributed by atoms with van der Waals surface area (Å²) in [5, 5.41) is 4.90. The van der Waals surface area contributed by atoms with Gasteiger partial charge in [0.2, 0.25) is 5.91 Å². The average molecular weight is 357 g/mol. The first-order chi connectivity index (χ1) is 12.1. The van der Waals surface area contributed by atoms with Crippen LogP contribution < -0.4 is 10.9 Å². The van der Waals surface area contributed by atoms with E-state index in [0.717, 1.165) is 0 Å². The average Bonchev–Trinajstić information content (AvgIpc) is 3.07. The summed E-state index contributed by atoms with van der Waals surface area (Å²) in [5.41, 5.74) is 0.320. The Morgan fingerprint density at radius 2 is 2.08 bits per heavy atom. The molecule has 2 aromatic heterocycles. The van der Waals surface area contributed by atoms with Crippen molar-refractivity contribution in [3.63, 3.8) is 0 Å². The fourth-order valence-corrected chi connectivity index (χ4v) is 3.05. The number of benzene rings is 1. The molecule has 0 saturated heterocycles. The standard InChI is InChI=1S/C17H15N3O4S/c1-2-24-17(23)11-5-3-4-6-13(11)19-14(21)9-20-10-18-15-12(16(20)22)7-8-25-15/h3-8,10H,2,9H2,1H3,(H,19,21). The molecule has 0 bridgehead atoms. The van der Waals surface area contributed by atoms with Gasteiger partial charge in [0.05, 0.1) is 29.6 Å². The monoisotopic (exact) mass is 357 g/mol. The molecule has 0 fully saturated rings. The fraction of sp³-hybridized carbons (Fsp3) is 0.176. The summed E-state index contributed by atoms with van der Waals surface area (Å²) in [7, 11) is 0. The molecule has 25 heavy (non-hydrogen) atoms. The molecule has 0 aliphatic carbocycles. The van der Waals surface area contributed by atoms with Crippen molar-refractivity contribution in [3.05, 3.63) is 58.0 Å². The van der Waals surface area contributed by atoms with E-state index in [4.69, 9.17) is 4.74 Å². The molecule has 1 amide bonds. The van der Waals surface area contributed by atoms with Gasteiger partial charge >= 0.3 is 5.97 Å². The van der Waals surface area contributed by atoms with Gasteiger partial charge in [-0.2, -0.15) is 0 Å². The van der Waals surface area contributed by atoms with Crippen LogP contribution in [0.15, 0.2) is 46.8 Å². The number of fused-ring (bicyclic) bond motifs is 1. The molecule has 2 heterocycles. The van der Waals surface area contributed by atoms with Gasteiger partial charge in [0.1, 0.15) is 11.4 Å². The fourth-order valence-electron chi connectivity index (χ4n) is 2.33. The van der Waals surface area contributed by atoms with Crippen LogP contribution in [0.5, 0.6) is 0 Å². The molecule has 128 valence electrons. The normalized spacial score (nSPS) is 10.6. The van der Waals surface area contributed by atoms with E-state index in [9.17, 15) is 14.4 Å². The number of carbonyl (C=O) groups is 2. The first-order valence-electron chi connectivity index (χ1n) is 7.58. The third kappa shape index (κ3) is 3.58. The van der Waals surface area contributed by atoms with Crippen LogP contribution in [0.25, 0.3) is 10.2 Å². The van der Waals surface area contributed by atoms with Crippen LogP contribution >= 0.6 is 11.3 Å². The summed E-state index contributed by atoms with van der Waals surface area (Å²) in [6, 6.07) is 8.23. The zero-order chi connectivity index (χ0) is 17.8. The van der Waals surface area contributed by atoms with Gasteiger partial charge < -0.3 is 10.1 Å². The SMILES string of the molecule is CCOC(=O)c1ccccc1NC(=O)Cn1cnc2sccc2c1=O. The Morgan fingerprint density at radius 1 is 1.28 bits per heavy atom. The Morgan fingerprint density at radius 3 is 2.88 bits per heavy atom. The number of aromatic nitrogens is 2. The highest BCUT2D eigenvalue weighted by Crippen LogP contribution is 2.17. The predicted molar refractivity (Wildman–Crippen MR) is 94.9 cm³/mol. The quantitative estimate of drug-likeness (QED) is 0.708. The third-order valence-corrected chi connectivity index (χ3v) is 4.28. The lowest BCUT2D eigenvalue weighted by Crippen LogP contribution is -2.28. The lowest BCUT2D eigenvalue weighted by molar-refractivity contribution is -0.116. The highest BCUT2D eigenvalue weighted by molar-refractivity contribution is 7.16. The number of rotatable bonds is 5. The van der Waals surface area contributed by atoms with E-state index < -0.39 is 11.9 Å². The molecule has 3 aromatic rings. The number of hydrogen-bond donors (Lipinski definition) is 1. The maximum Gasteiger partial charge on any atom is 0.340 e. The van der Waals surface area contributed by atoms with Crippen LogP contribution in [0, 0.1) is 0 Å². The first-order valence-corrected chi connectivity index (χ1v) is 8.46. The minimum absolute atomic E-state index is 0.200. The summed E-state index contributed by atoms with van der Waals surface area (Å²) in [4.78, 5) is 41.3. The Labute approximate surface area is 146 Å². The maximum absolute atomic E-state index is 12.3. The second-order valence-corrected chi connectivity index (χ2v) is 6.03. The van der Waals surface area contributed by atoms with Crippen LogP contribution in [-0.4, -0.2) is 28.0 Å². The van der Waals surface area contributed by atoms with Gasteiger partial charge in [0.25, 0.3) is 5.56 Å². The van der Waals surface area contributed by atoms with E-state index in [1.807, 2.05) is 0 Å². The lowest BCUT2D eigenvalue weighted by Gasteiger charge is -2.11. The number of nitrogens with zero attached hydrogens (tertiary/aromatic N) is 2. The van der Waals surface area contributed by atoms with Crippen molar-refractivity contribution in [1.29, 1.82) is 0 Å². The number of hydrogen-bond acceptors (Lipinski definition) is 6. The summed E-state index contributed by atoms with van der Waals surface area (Å²) < 4.78 is 6.21. The van der Waals surface area contributed by atoms with E-state index in [-0.39, 0.29) is 24.3 Å². The minimum atomic E-state index is -0.517. The number of para-hydroxylation sites is 1. The second kappa shape index (κ2) is 7.27. The van der Waals surface area contributed by atoms with Crippen molar-refractivity contribution >= 4 is 39.1 Å². The molecular weight excluding hydrogens is 342 g/mol. The smallest absolute Gasteiger partial charge is 0.340 e. The predicted octanol–water partition coefficient (Wildman–Crippen LogP) is 2.27. The summed E-state index contributed by atoms with van der Waals surface area (Å²) in [5.74, 6) is -0.952. The first kappa shape index (κ1) is 16.8. The molecule has 0 aliphatic rings. The van der Waals surface area contributed by atoms with Gasteiger partial charge in [-0.1, -0.05) is 12.1 Å². The molecule has 0 atom stereocenters. The molecule has 3 rings (SSSR count). The van der Waals surface area contributed by atoms with Gasteiger partial charge in [-0.15, -0.1) is 11.3 Å². The van der Waals surface area contributed by atoms with Crippen LogP contribution in [0.2, 0.25) is 0 Å². The lowest BCUT2D eigenvalue weighted by atomic mass is 10.2. The molecule has 8 heteroatoms. The highest BCUT2D eigenvalue weighted by atomic mass is 32.1. The Hall–Kier alpha value is -3.00. The number of amides is 1. The van der Waals surface area contributed by atoms with E-state index in [1.54, 1.807) is 42.6 Å². The van der Waals surface area contributed by atoms with Crippen molar-refractivity contribution in [3.8, 4) is 0 Å². The topological polar surface area (TPSA) is 90.3 Å². The highest BCUT2D eigenvalue weighted by Gasteiger charge is 2.15. The molecule has 0 unspecified atom stereocenters. The molecule has 0 radical (unpaired) electrons. The van der Waals surface area contributed by atoms with Gasteiger partial charge in [-0.3, -0.25) is 14.2 Å². The van der Waals surface area contributed by atoms with Crippen molar-refractivity contribution in [2.45, 2.75) is 13.5 Å². The minimum Gasteiger partial charge on any atom is -0.462 e. The van der Waals surface area contributed by atoms with Crippen molar-refractivity contribution in [2.24, 2.45) is 0 Å². The number of ether oxygens (including phenoxy) is 1. The Bertz CT molecular complexity index is 993. The van der Waals surface area contributed by atoms with E-state index in [1.165, 1.54) is 22.2 Å². The molecule has 1 N–H and O–H groups in total. The van der Waals surface area contributed by atoms with Gasteiger partial charge in [0.15, 0.2) is 0 Å². The summed E-state index contributed by atoms with van der Waals surface area (Å²) in [6.07, 6.45) is 1.35. The van der Waals surface area contributed by atoms with Gasteiger partial charge in [-0.25, -0.2) is 9.78 Å². The third-order valence-electron chi connectivity index (χ3n) is 3.46. The Kier molecular flexibility index (Phi) is 4.90. The van der Waals surface area contributed by atoms with Crippen molar-refractivity contribution < 1.29 is 14.3 Å². The number of thiophene rings is 1. The van der Waals surface area contributed by atoms with E-state index in [2.05, 4.69) is 10.3 Å². The molecule has 0 saturated carbocycles. The molecular formula is C17H15N3O4S. The van der Waals surface area contributed by atoms with E-state index >= 15 is 0 Å². The zero-order valence-electron chi connectivity index (χ0n) is 13.4. The number of esters is 1. The zero-order valence-corrected chi connectivity index (χ0v) is 14.2. The molecule has 1 aromatic carbocycles. The number of anilines is 1. The number of carbonyl (C=O) groups excluding carboxylic acids is 2. The van der Waals surface area contributed by atoms with Gasteiger partial charge in [-0.05, 0) is 30.5 Å². The summed E-state index contributed by atoms with van der Waals surface area (Å²) >= 11 is 1.37. The maximum atomic E-state index is 12.3. The number of nitrogens with one attached hydrogen (secondary N) is 1. The summed E-state index contributed by atoms with van der Waals surface area (Å²) in [6.45, 7) is 1.75. The molecule has 0 aliphatic heterocycles. The largest absolute Gasteiger partial charge is 0.462 e. The van der Waals surface area contributed by atoms with E-state index in [0.29, 0.717) is 15.9 Å². The van der Waals surface area contributed by atoms with Crippen molar-refractivity contribution in [2.75, 3.05) is 11.9 Å². The Balaban J connectivity index is 1.80. The second-order valence-electron chi connectivity index (χ2n) is 5.13. The van der Waals surface area contributed by atoms with Crippen LogP contribution in [0.4, 0.5) is 5.69 Å². The van der Waals surface area contributed by atoms with Gasteiger partial charge in [0, 0.05) is 0 Å². The molecule has 7 nitrogen and oxygen atoms in total. The van der Waals surface area contributed by atoms with Crippen LogP contribution in [0.1, 0.15) is 17.3 Å². The molecule has 0 spiro atoms.